The highest BCUT2D eigenvalue weighted by atomic mass is 35.5. The van der Waals surface area contributed by atoms with E-state index in [0.717, 1.165) is 34.2 Å². The highest BCUT2D eigenvalue weighted by molar-refractivity contribution is 7.44. The van der Waals surface area contributed by atoms with E-state index in [0.29, 0.717) is 0 Å². The van der Waals surface area contributed by atoms with Gasteiger partial charge >= 0.3 is 0 Å². The zero-order chi connectivity index (χ0) is 19.8. The van der Waals surface area contributed by atoms with E-state index in [1.807, 2.05) is 0 Å². The van der Waals surface area contributed by atoms with Crippen LogP contribution >= 0.6 is 31.0 Å². The highest BCUT2D eigenvalue weighted by Gasteiger charge is 2.14. The van der Waals surface area contributed by atoms with Crippen LogP contribution in [0.2, 0.25) is 10.0 Å². The Labute approximate surface area is 173 Å². The van der Waals surface area contributed by atoms with Crippen LogP contribution in [-0.4, -0.2) is 12.3 Å². The molecule has 2 unspecified atom stereocenters. The second-order valence-electron chi connectivity index (χ2n) is 7.22. The number of halogens is 2. The van der Waals surface area contributed by atoms with Crippen LogP contribution in [0.4, 0.5) is 0 Å². The lowest BCUT2D eigenvalue weighted by Crippen LogP contribution is -2.07. The molecule has 0 saturated heterocycles. The zero-order valence-electron chi connectivity index (χ0n) is 17.2. The molecule has 0 fully saturated rings. The molecule has 0 aromatic heterocycles. The van der Waals surface area contributed by atoms with Gasteiger partial charge in [-0.3, -0.25) is 0 Å². The number of hydrogen-bond donors (Lipinski definition) is 0. The number of benzene rings is 1. The lowest BCUT2D eigenvalue weighted by atomic mass is 10.0. The summed E-state index contributed by atoms with van der Waals surface area (Å²) in [5.74, 6) is 1.44. The van der Waals surface area contributed by atoms with Crippen LogP contribution in [0.5, 0.6) is 0 Å². The minimum absolute atomic E-state index is 0.717. The fourth-order valence-corrected chi connectivity index (χ4v) is 5.74. The van der Waals surface area contributed by atoms with E-state index in [1.54, 1.807) is 24.3 Å². The predicted molar refractivity (Wildman–Crippen MR) is 122 cm³/mol. The minimum atomic E-state index is -1.32. The van der Waals surface area contributed by atoms with E-state index in [1.165, 1.54) is 51.4 Å². The largest absolute Gasteiger partial charge is 0.327 e. The third kappa shape index (κ3) is 14.1. The summed E-state index contributed by atoms with van der Waals surface area (Å²) in [5.41, 5.74) is 0. The predicted octanol–water partition coefficient (Wildman–Crippen LogP) is 8.97. The molecule has 152 valence electrons. The second kappa shape index (κ2) is 17.2. The first-order chi connectivity index (χ1) is 12.5. The van der Waals surface area contributed by atoms with E-state index in [4.69, 9.17) is 23.2 Å². The Morgan fingerprint density at radius 3 is 1.38 bits per heavy atom. The lowest BCUT2D eigenvalue weighted by Gasteiger charge is -2.18. The summed E-state index contributed by atoms with van der Waals surface area (Å²) in [6.45, 7) is 9.00. The van der Waals surface area contributed by atoms with Crippen LogP contribution in [0, 0.1) is 11.8 Å². The number of hydrogen-bond acceptors (Lipinski definition) is 1. The van der Waals surface area contributed by atoms with Gasteiger partial charge in [-0.1, -0.05) is 102 Å². The van der Waals surface area contributed by atoms with Gasteiger partial charge in [0.05, 0.1) is 7.80 Å². The summed E-state index contributed by atoms with van der Waals surface area (Å²) in [5, 5.41) is 1.43. The molecule has 4 heteroatoms. The molecular formula is C22H39Cl2OP. The highest BCUT2D eigenvalue weighted by Crippen LogP contribution is 2.33. The third-order valence-electron chi connectivity index (χ3n) is 4.92. The average Bonchev–Trinajstić information content (AvgIpc) is 2.65. The third-order valence-corrected chi connectivity index (χ3v) is 7.49. The van der Waals surface area contributed by atoms with Crippen LogP contribution < -0.4 is 0 Å². The minimum Gasteiger partial charge on any atom is -0.327 e. The summed E-state index contributed by atoms with van der Waals surface area (Å²) < 4.78 is 12.3. The van der Waals surface area contributed by atoms with Crippen LogP contribution in [0.15, 0.2) is 24.3 Å². The van der Waals surface area contributed by atoms with Gasteiger partial charge in [0.1, 0.15) is 0 Å². The van der Waals surface area contributed by atoms with Gasteiger partial charge in [0.15, 0.2) is 0 Å². The monoisotopic (exact) mass is 420 g/mol. The van der Waals surface area contributed by atoms with E-state index < -0.39 is 7.80 Å². The molecule has 0 aliphatic carbocycles. The normalized spacial score (nSPS) is 14.2. The number of rotatable bonds is 12. The quantitative estimate of drug-likeness (QED) is 0.308. The van der Waals surface area contributed by atoms with Crippen molar-refractivity contribution in [2.75, 3.05) is 12.3 Å². The first-order valence-corrected chi connectivity index (χ1v) is 13.0. The van der Waals surface area contributed by atoms with Gasteiger partial charge < -0.3 is 4.57 Å². The molecule has 0 amide bonds. The first kappa shape index (κ1) is 26.0. The van der Waals surface area contributed by atoms with Crippen molar-refractivity contribution in [3.63, 3.8) is 0 Å². The average molecular weight is 421 g/mol. The molecule has 0 N–H and O–H groups in total. The van der Waals surface area contributed by atoms with Gasteiger partial charge in [0.2, 0.25) is 0 Å². The molecule has 0 bridgehead atoms. The van der Waals surface area contributed by atoms with E-state index >= 15 is 0 Å². The van der Waals surface area contributed by atoms with Crippen LogP contribution in [0.25, 0.3) is 0 Å². The van der Waals surface area contributed by atoms with Gasteiger partial charge in [-0.05, 0) is 36.1 Å². The lowest BCUT2D eigenvalue weighted by molar-refractivity contribution is 0.470. The summed E-state index contributed by atoms with van der Waals surface area (Å²) >= 11 is 11.1. The topological polar surface area (TPSA) is 17.1 Å². The van der Waals surface area contributed by atoms with Crippen molar-refractivity contribution in [1.29, 1.82) is 0 Å². The molecule has 0 radical (unpaired) electrons. The van der Waals surface area contributed by atoms with Crippen molar-refractivity contribution in [2.24, 2.45) is 11.8 Å². The first-order valence-electron chi connectivity index (χ1n) is 10.4. The Morgan fingerprint density at radius 1 is 0.769 bits per heavy atom. The van der Waals surface area contributed by atoms with Crippen LogP contribution in [0.1, 0.15) is 79.1 Å². The molecule has 26 heavy (non-hydrogen) atoms. The van der Waals surface area contributed by atoms with Gasteiger partial charge in [-0.25, -0.2) is 0 Å². The maximum atomic E-state index is 12.3. The van der Waals surface area contributed by atoms with Gasteiger partial charge in [-0.15, -0.1) is 0 Å². The molecule has 0 aliphatic rings. The Balaban J connectivity index is 0.000000642. The molecule has 1 rings (SSSR count). The molecule has 0 spiro atoms. The molecule has 1 aromatic rings. The summed E-state index contributed by atoms with van der Waals surface area (Å²) in [7, 11) is -1.32. The summed E-state index contributed by atoms with van der Waals surface area (Å²) in [4.78, 5) is 0. The smallest absolute Gasteiger partial charge is 0.0767 e. The standard InChI is InChI=1S/C16H35OP.C6H4Cl2/c1-5-9-11-15(7-3)13-18(17)14-16(8-4)12-10-6-2;7-5-1-2-6(8)4-3-5/h15-16,18H,5-14H2,1-4H3;1-4H. The Morgan fingerprint density at radius 2 is 1.12 bits per heavy atom. The Hall–Kier alpha value is 0.0300. The number of unbranched alkanes of at least 4 members (excludes halogenated alkanes) is 2. The van der Waals surface area contributed by atoms with Crippen molar-refractivity contribution < 1.29 is 4.57 Å². The molecule has 1 nitrogen and oxygen atoms in total. The molecule has 2 atom stereocenters. The fourth-order valence-electron chi connectivity index (χ4n) is 3.04. The van der Waals surface area contributed by atoms with Crippen molar-refractivity contribution in [2.45, 2.75) is 79.1 Å². The van der Waals surface area contributed by atoms with Crippen molar-refractivity contribution in [3.05, 3.63) is 34.3 Å². The summed E-state index contributed by atoms with van der Waals surface area (Å²) in [6, 6.07) is 7.02. The Bertz CT molecular complexity index is 421. The maximum Gasteiger partial charge on any atom is 0.0767 e. The van der Waals surface area contributed by atoms with E-state index in [9.17, 15) is 4.57 Å². The molecule has 0 aliphatic heterocycles. The van der Waals surface area contributed by atoms with Crippen LogP contribution in [-0.2, 0) is 4.57 Å². The second-order valence-corrected chi connectivity index (χ2v) is 9.98. The zero-order valence-corrected chi connectivity index (χ0v) is 19.7. The van der Waals surface area contributed by atoms with Crippen molar-refractivity contribution in [3.8, 4) is 0 Å². The summed E-state index contributed by atoms with van der Waals surface area (Å²) in [6.07, 6.45) is 12.2. The van der Waals surface area contributed by atoms with Gasteiger partial charge in [0, 0.05) is 22.4 Å². The van der Waals surface area contributed by atoms with E-state index in [-0.39, 0.29) is 0 Å². The SMILES string of the molecule is CCCCC(CC)C[PH](=O)CC(CC)CCCC.Clc1ccc(Cl)cc1. The Kier molecular flexibility index (Phi) is 17.2. The maximum absolute atomic E-state index is 12.3. The van der Waals surface area contributed by atoms with Gasteiger partial charge in [0.25, 0.3) is 0 Å². The molecule has 0 heterocycles. The van der Waals surface area contributed by atoms with Gasteiger partial charge in [-0.2, -0.15) is 0 Å². The molecule has 0 saturated carbocycles. The van der Waals surface area contributed by atoms with E-state index in [2.05, 4.69) is 27.7 Å². The fraction of sp³-hybridized carbons (Fsp3) is 0.727. The molecular weight excluding hydrogens is 382 g/mol. The van der Waals surface area contributed by atoms with Crippen molar-refractivity contribution >= 4 is 31.0 Å². The molecule has 1 aromatic carbocycles. The van der Waals surface area contributed by atoms with Crippen LogP contribution in [0.3, 0.4) is 0 Å². The van der Waals surface area contributed by atoms with Crippen molar-refractivity contribution in [1.82, 2.24) is 0 Å².